The van der Waals surface area contributed by atoms with E-state index in [0.29, 0.717) is 6.54 Å². The van der Waals surface area contributed by atoms with Crippen molar-refractivity contribution in [1.82, 2.24) is 4.90 Å². The number of hydrogen-bond donors (Lipinski definition) is 2. The average molecular weight is 271 g/mol. The maximum atomic E-state index is 12.1. The number of aryl methyl sites for hydroxylation is 1. The van der Waals surface area contributed by atoms with E-state index in [2.05, 4.69) is 17.2 Å². The summed E-state index contributed by atoms with van der Waals surface area (Å²) >= 11 is 0. The van der Waals surface area contributed by atoms with Crippen LogP contribution < -0.4 is 11.1 Å². The molecule has 0 atom stereocenters. The van der Waals surface area contributed by atoms with Crippen LogP contribution in [0.4, 0.5) is 10.5 Å². The van der Waals surface area contributed by atoms with Gasteiger partial charge in [0.25, 0.3) is 0 Å². The SMILES string of the molecule is Cc1ccc(NC(=O)N2CCCCC2)cc1C#CCN. The molecular weight excluding hydrogens is 250 g/mol. The second kappa shape index (κ2) is 6.97. The van der Waals surface area contributed by atoms with Gasteiger partial charge in [-0.25, -0.2) is 4.79 Å². The van der Waals surface area contributed by atoms with Crippen molar-refractivity contribution < 1.29 is 4.79 Å². The predicted molar refractivity (Wildman–Crippen MR) is 81.6 cm³/mol. The predicted octanol–water partition coefficient (Wildman–Crippen LogP) is 2.32. The summed E-state index contributed by atoms with van der Waals surface area (Å²) in [4.78, 5) is 14.0. The van der Waals surface area contributed by atoms with E-state index in [4.69, 9.17) is 5.73 Å². The molecule has 20 heavy (non-hydrogen) atoms. The fraction of sp³-hybridized carbons (Fsp3) is 0.438. The van der Waals surface area contributed by atoms with Crippen molar-refractivity contribution in [3.05, 3.63) is 29.3 Å². The van der Waals surface area contributed by atoms with Crippen LogP contribution in [0.3, 0.4) is 0 Å². The zero-order valence-corrected chi connectivity index (χ0v) is 11.9. The molecule has 1 heterocycles. The van der Waals surface area contributed by atoms with Crippen LogP contribution in [0.1, 0.15) is 30.4 Å². The van der Waals surface area contributed by atoms with Crippen molar-refractivity contribution in [2.45, 2.75) is 26.2 Å². The first-order valence-corrected chi connectivity index (χ1v) is 7.06. The number of piperidine rings is 1. The molecule has 1 aromatic carbocycles. The Labute approximate surface area is 120 Å². The number of amides is 2. The smallest absolute Gasteiger partial charge is 0.321 e. The van der Waals surface area contributed by atoms with Gasteiger partial charge in [-0.2, -0.15) is 0 Å². The van der Waals surface area contributed by atoms with Gasteiger partial charge in [0, 0.05) is 24.3 Å². The van der Waals surface area contributed by atoms with Gasteiger partial charge in [0.05, 0.1) is 6.54 Å². The van der Waals surface area contributed by atoms with E-state index in [1.54, 1.807) is 0 Å². The van der Waals surface area contributed by atoms with Gasteiger partial charge >= 0.3 is 6.03 Å². The van der Waals surface area contributed by atoms with Gasteiger partial charge in [0.1, 0.15) is 0 Å². The van der Waals surface area contributed by atoms with Crippen LogP contribution in [0.15, 0.2) is 18.2 Å². The lowest BCUT2D eigenvalue weighted by atomic mass is 10.1. The summed E-state index contributed by atoms with van der Waals surface area (Å²) in [6, 6.07) is 5.75. The van der Waals surface area contributed by atoms with Crippen LogP contribution >= 0.6 is 0 Å². The van der Waals surface area contributed by atoms with Crippen LogP contribution in [-0.4, -0.2) is 30.6 Å². The summed E-state index contributed by atoms with van der Waals surface area (Å²) in [7, 11) is 0. The Hall–Kier alpha value is -1.99. The summed E-state index contributed by atoms with van der Waals surface area (Å²) < 4.78 is 0. The molecule has 2 rings (SSSR count). The molecule has 4 heteroatoms. The molecule has 3 N–H and O–H groups in total. The Kier molecular flexibility index (Phi) is 5.03. The van der Waals surface area contributed by atoms with E-state index in [0.717, 1.165) is 42.7 Å². The highest BCUT2D eigenvalue weighted by molar-refractivity contribution is 5.89. The highest BCUT2D eigenvalue weighted by Gasteiger charge is 2.16. The Morgan fingerprint density at radius 3 is 2.80 bits per heavy atom. The van der Waals surface area contributed by atoms with Crippen molar-refractivity contribution in [2.24, 2.45) is 5.73 Å². The lowest BCUT2D eigenvalue weighted by molar-refractivity contribution is 0.200. The van der Waals surface area contributed by atoms with Crippen molar-refractivity contribution in [3.63, 3.8) is 0 Å². The maximum Gasteiger partial charge on any atom is 0.321 e. The third kappa shape index (κ3) is 3.75. The molecule has 1 aliphatic rings. The molecule has 0 spiro atoms. The number of carbonyl (C=O) groups is 1. The molecule has 0 unspecified atom stereocenters. The molecule has 2 amide bonds. The number of nitrogens with zero attached hydrogens (tertiary/aromatic N) is 1. The van der Waals surface area contributed by atoms with E-state index >= 15 is 0 Å². The van der Waals surface area contributed by atoms with Gasteiger partial charge in [-0.15, -0.1) is 0 Å². The molecule has 0 aromatic heterocycles. The summed E-state index contributed by atoms with van der Waals surface area (Å²) in [5.41, 5.74) is 8.17. The standard InChI is InChI=1S/C16H21N3O/c1-13-7-8-15(12-14(13)6-5-9-17)18-16(20)19-10-3-2-4-11-19/h7-8,12H,2-4,9-11,17H2,1H3,(H,18,20). The molecule has 1 aromatic rings. The summed E-state index contributed by atoms with van der Waals surface area (Å²) in [5, 5.41) is 2.94. The molecule has 1 saturated heterocycles. The molecule has 0 radical (unpaired) electrons. The number of carbonyl (C=O) groups excluding carboxylic acids is 1. The maximum absolute atomic E-state index is 12.1. The number of anilines is 1. The lowest BCUT2D eigenvalue weighted by Crippen LogP contribution is -2.38. The number of urea groups is 1. The highest BCUT2D eigenvalue weighted by atomic mass is 16.2. The van der Waals surface area contributed by atoms with Crippen LogP contribution in [0.25, 0.3) is 0 Å². The average Bonchev–Trinajstić information content (AvgIpc) is 2.48. The number of hydrogen-bond acceptors (Lipinski definition) is 2. The molecule has 106 valence electrons. The minimum absolute atomic E-state index is 0.0220. The topological polar surface area (TPSA) is 58.4 Å². The van der Waals surface area contributed by atoms with E-state index in [9.17, 15) is 4.79 Å². The zero-order chi connectivity index (χ0) is 14.4. The van der Waals surface area contributed by atoms with Crippen molar-refractivity contribution >= 4 is 11.7 Å². The minimum atomic E-state index is -0.0220. The number of rotatable bonds is 1. The molecule has 0 saturated carbocycles. The lowest BCUT2D eigenvalue weighted by Gasteiger charge is -2.26. The van der Waals surface area contributed by atoms with E-state index in [1.807, 2.05) is 30.0 Å². The minimum Gasteiger partial charge on any atom is -0.325 e. The van der Waals surface area contributed by atoms with E-state index in [-0.39, 0.29) is 6.03 Å². The fourth-order valence-electron chi connectivity index (χ4n) is 2.28. The third-order valence-corrected chi connectivity index (χ3v) is 3.46. The normalized spacial score (nSPS) is 14.4. The van der Waals surface area contributed by atoms with E-state index < -0.39 is 0 Å². The fourth-order valence-corrected chi connectivity index (χ4v) is 2.28. The molecular formula is C16H21N3O. The third-order valence-electron chi connectivity index (χ3n) is 3.46. The summed E-state index contributed by atoms with van der Waals surface area (Å²) in [6.07, 6.45) is 3.40. The second-order valence-electron chi connectivity index (χ2n) is 5.01. The first-order valence-electron chi connectivity index (χ1n) is 7.06. The molecule has 0 aliphatic carbocycles. The summed E-state index contributed by atoms with van der Waals surface area (Å²) in [6.45, 7) is 4.02. The monoisotopic (exact) mass is 271 g/mol. The zero-order valence-electron chi connectivity index (χ0n) is 11.9. The molecule has 1 aliphatic heterocycles. The van der Waals surface area contributed by atoms with E-state index in [1.165, 1.54) is 6.42 Å². The van der Waals surface area contributed by atoms with Crippen molar-refractivity contribution in [2.75, 3.05) is 25.0 Å². The number of likely N-dealkylation sites (tertiary alicyclic amines) is 1. The first-order chi connectivity index (χ1) is 9.70. The first kappa shape index (κ1) is 14.4. The Morgan fingerprint density at radius 2 is 2.10 bits per heavy atom. The van der Waals surface area contributed by atoms with Gasteiger partial charge < -0.3 is 16.0 Å². The summed E-state index contributed by atoms with van der Waals surface area (Å²) in [5.74, 6) is 5.87. The van der Waals surface area contributed by atoms with Crippen LogP contribution in [-0.2, 0) is 0 Å². The van der Waals surface area contributed by atoms with Crippen LogP contribution in [0.2, 0.25) is 0 Å². The number of nitrogens with two attached hydrogens (primary N) is 1. The van der Waals surface area contributed by atoms with Gasteiger partial charge in [-0.1, -0.05) is 17.9 Å². The van der Waals surface area contributed by atoms with Crippen LogP contribution in [0.5, 0.6) is 0 Å². The number of benzene rings is 1. The van der Waals surface area contributed by atoms with Gasteiger partial charge in [0.15, 0.2) is 0 Å². The van der Waals surface area contributed by atoms with Crippen LogP contribution in [0, 0.1) is 18.8 Å². The Balaban J connectivity index is 2.07. The second-order valence-corrected chi connectivity index (χ2v) is 5.01. The Morgan fingerprint density at radius 1 is 1.35 bits per heavy atom. The largest absolute Gasteiger partial charge is 0.325 e. The van der Waals surface area contributed by atoms with Gasteiger partial charge in [0.2, 0.25) is 0 Å². The highest BCUT2D eigenvalue weighted by Crippen LogP contribution is 2.16. The number of nitrogens with one attached hydrogen (secondary N) is 1. The molecule has 1 fully saturated rings. The molecule has 0 bridgehead atoms. The quantitative estimate of drug-likeness (QED) is 0.770. The van der Waals surface area contributed by atoms with Crippen molar-refractivity contribution in [1.29, 1.82) is 0 Å². The van der Waals surface area contributed by atoms with Gasteiger partial charge in [-0.3, -0.25) is 0 Å². The Bertz CT molecular complexity index is 536. The molecule has 4 nitrogen and oxygen atoms in total. The van der Waals surface area contributed by atoms with Gasteiger partial charge in [-0.05, 0) is 43.9 Å². The van der Waals surface area contributed by atoms with Crippen molar-refractivity contribution in [3.8, 4) is 11.8 Å².